The Morgan fingerprint density at radius 3 is 2.67 bits per heavy atom. The van der Waals surface area contributed by atoms with E-state index in [0.717, 1.165) is 17.0 Å². The number of hydrogen-bond acceptors (Lipinski definition) is 3. The molecule has 0 bridgehead atoms. The molecule has 2 heterocycles. The van der Waals surface area contributed by atoms with Gasteiger partial charge in [0.05, 0.1) is 17.6 Å². The molecule has 0 radical (unpaired) electrons. The van der Waals surface area contributed by atoms with Gasteiger partial charge in [-0.05, 0) is 19.1 Å². The molecule has 2 aromatic heterocycles. The number of hydrogen-bond donors (Lipinski definition) is 1. The molecular weight excluding hydrogens is 212 g/mol. The molecule has 0 spiro atoms. The van der Waals surface area contributed by atoms with E-state index in [1.54, 1.807) is 10.9 Å². The van der Waals surface area contributed by atoms with Gasteiger partial charge in [-0.25, -0.2) is 4.98 Å². The molecule has 5 heteroatoms. The van der Waals surface area contributed by atoms with E-state index in [1.165, 1.54) is 0 Å². The first-order chi connectivity index (χ1) is 7.09. The van der Waals surface area contributed by atoms with Crippen LogP contribution in [-0.2, 0) is 7.05 Å². The van der Waals surface area contributed by atoms with Crippen LogP contribution in [0, 0.1) is 6.92 Å². The van der Waals surface area contributed by atoms with Crippen LogP contribution in [0.5, 0.6) is 0 Å². The number of pyridine rings is 1. The summed E-state index contributed by atoms with van der Waals surface area (Å²) in [5, 5.41) is 4.51. The lowest BCUT2D eigenvalue weighted by Gasteiger charge is -2.06. The van der Waals surface area contributed by atoms with Gasteiger partial charge in [-0.3, -0.25) is 4.68 Å². The van der Waals surface area contributed by atoms with Crippen molar-refractivity contribution in [3.05, 3.63) is 29.2 Å². The first-order valence-electron chi connectivity index (χ1n) is 4.50. The lowest BCUT2D eigenvalue weighted by Crippen LogP contribution is -1.97. The summed E-state index contributed by atoms with van der Waals surface area (Å²) in [5.41, 5.74) is 8.90. The topological polar surface area (TPSA) is 56.7 Å². The number of anilines is 1. The van der Waals surface area contributed by atoms with Crippen LogP contribution < -0.4 is 5.73 Å². The van der Waals surface area contributed by atoms with Crippen LogP contribution in [0.1, 0.15) is 5.69 Å². The third-order valence-electron chi connectivity index (χ3n) is 2.21. The average Bonchev–Trinajstić information content (AvgIpc) is 2.48. The minimum Gasteiger partial charge on any atom is -0.396 e. The molecule has 0 aromatic carbocycles. The Kier molecular flexibility index (Phi) is 2.36. The molecule has 0 amide bonds. The van der Waals surface area contributed by atoms with Crippen LogP contribution in [0.3, 0.4) is 0 Å². The van der Waals surface area contributed by atoms with Gasteiger partial charge in [-0.2, -0.15) is 5.10 Å². The predicted molar refractivity (Wildman–Crippen MR) is 60.6 cm³/mol. The Bertz CT molecular complexity index is 485. The van der Waals surface area contributed by atoms with Crippen molar-refractivity contribution >= 4 is 17.3 Å². The van der Waals surface area contributed by atoms with E-state index in [0.29, 0.717) is 10.8 Å². The number of aromatic nitrogens is 3. The largest absolute Gasteiger partial charge is 0.396 e. The van der Waals surface area contributed by atoms with Crippen LogP contribution >= 0.6 is 11.6 Å². The predicted octanol–water partition coefficient (Wildman–Crippen LogP) is 2.03. The van der Waals surface area contributed by atoms with Crippen LogP contribution in [0.2, 0.25) is 5.15 Å². The van der Waals surface area contributed by atoms with E-state index in [9.17, 15) is 0 Å². The summed E-state index contributed by atoms with van der Waals surface area (Å²) in [4.78, 5) is 4.18. The molecule has 0 saturated heterocycles. The Morgan fingerprint density at radius 2 is 2.13 bits per heavy atom. The Labute approximate surface area is 92.7 Å². The molecular formula is C10H11ClN4. The third-order valence-corrected chi connectivity index (χ3v) is 2.50. The van der Waals surface area contributed by atoms with Gasteiger partial charge in [-0.1, -0.05) is 11.6 Å². The molecule has 2 N–H and O–H groups in total. The molecule has 0 unspecified atom stereocenters. The van der Waals surface area contributed by atoms with E-state index >= 15 is 0 Å². The fourth-order valence-corrected chi connectivity index (χ4v) is 1.77. The van der Waals surface area contributed by atoms with E-state index < -0.39 is 0 Å². The first kappa shape index (κ1) is 9.98. The summed E-state index contributed by atoms with van der Waals surface area (Å²) in [6, 6.07) is 3.80. The summed E-state index contributed by atoms with van der Waals surface area (Å²) in [6.07, 6.45) is 1.60. The molecule has 0 aliphatic carbocycles. The maximum absolute atomic E-state index is 6.06. The summed E-state index contributed by atoms with van der Waals surface area (Å²) >= 11 is 6.06. The summed E-state index contributed by atoms with van der Waals surface area (Å²) in [5.74, 6) is 0. The second-order valence-corrected chi connectivity index (χ2v) is 3.72. The molecule has 0 saturated carbocycles. The monoisotopic (exact) mass is 222 g/mol. The lowest BCUT2D eigenvalue weighted by molar-refractivity contribution is 0.775. The van der Waals surface area contributed by atoms with Crippen molar-refractivity contribution in [3.63, 3.8) is 0 Å². The number of nitrogens with two attached hydrogens (primary N) is 1. The molecule has 2 aromatic rings. The van der Waals surface area contributed by atoms with Crippen molar-refractivity contribution in [2.75, 3.05) is 5.73 Å². The quantitative estimate of drug-likeness (QED) is 0.752. The summed E-state index contributed by atoms with van der Waals surface area (Å²) in [6.45, 7) is 1.89. The lowest BCUT2D eigenvalue weighted by atomic mass is 10.2. The van der Waals surface area contributed by atoms with Crippen molar-refractivity contribution in [3.8, 4) is 11.3 Å². The van der Waals surface area contributed by atoms with Crippen LogP contribution in [0.25, 0.3) is 11.3 Å². The molecule has 0 aliphatic rings. The maximum atomic E-state index is 6.06. The molecule has 15 heavy (non-hydrogen) atoms. The number of nitrogens with zero attached hydrogens (tertiary/aromatic N) is 3. The van der Waals surface area contributed by atoms with Crippen LogP contribution in [0.15, 0.2) is 18.3 Å². The van der Waals surface area contributed by atoms with E-state index in [1.807, 2.05) is 26.1 Å². The summed E-state index contributed by atoms with van der Waals surface area (Å²) < 4.78 is 1.69. The highest BCUT2D eigenvalue weighted by Crippen LogP contribution is 2.30. The Balaban J connectivity index is 2.64. The first-order valence-corrected chi connectivity index (χ1v) is 4.88. The van der Waals surface area contributed by atoms with E-state index in [-0.39, 0.29) is 0 Å². The van der Waals surface area contributed by atoms with Gasteiger partial charge < -0.3 is 5.73 Å². The van der Waals surface area contributed by atoms with Gasteiger partial charge in [0.2, 0.25) is 0 Å². The fourth-order valence-electron chi connectivity index (χ4n) is 1.49. The van der Waals surface area contributed by atoms with Crippen molar-refractivity contribution in [1.29, 1.82) is 0 Å². The highest BCUT2D eigenvalue weighted by molar-refractivity contribution is 6.32. The molecule has 0 fully saturated rings. The van der Waals surface area contributed by atoms with Crippen LogP contribution in [-0.4, -0.2) is 14.8 Å². The normalized spacial score (nSPS) is 10.6. The molecule has 0 aliphatic heterocycles. The zero-order valence-corrected chi connectivity index (χ0v) is 9.28. The zero-order chi connectivity index (χ0) is 11.0. The van der Waals surface area contributed by atoms with Crippen molar-refractivity contribution in [2.24, 2.45) is 7.05 Å². The van der Waals surface area contributed by atoms with Crippen molar-refractivity contribution < 1.29 is 0 Å². The molecule has 0 atom stereocenters. The van der Waals surface area contributed by atoms with Crippen LogP contribution in [0.4, 0.5) is 5.69 Å². The van der Waals surface area contributed by atoms with Gasteiger partial charge in [0.1, 0.15) is 5.15 Å². The van der Waals surface area contributed by atoms with Gasteiger partial charge >= 0.3 is 0 Å². The smallest absolute Gasteiger partial charge is 0.138 e. The second kappa shape index (κ2) is 3.55. The fraction of sp³-hybridized carbons (Fsp3) is 0.200. The summed E-state index contributed by atoms with van der Waals surface area (Å²) in [7, 11) is 1.82. The third kappa shape index (κ3) is 1.68. The number of halogens is 1. The van der Waals surface area contributed by atoms with Crippen molar-refractivity contribution in [2.45, 2.75) is 6.92 Å². The highest BCUT2D eigenvalue weighted by atomic mass is 35.5. The second-order valence-electron chi connectivity index (χ2n) is 3.36. The van der Waals surface area contributed by atoms with E-state index in [2.05, 4.69) is 10.1 Å². The van der Waals surface area contributed by atoms with Gasteiger partial charge in [0.15, 0.2) is 0 Å². The Hall–Kier alpha value is -1.55. The number of rotatable bonds is 1. The minimum atomic E-state index is 0.449. The Morgan fingerprint density at radius 1 is 1.40 bits per heavy atom. The highest BCUT2D eigenvalue weighted by Gasteiger charge is 2.12. The van der Waals surface area contributed by atoms with Crippen molar-refractivity contribution in [1.82, 2.24) is 14.8 Å². The number of nitrogen functional groups attached to an aromatic ring is 1. The molecule has 4 nitrogen and oxygen atoms in total. The zero-order valence-electron chi connectivity index (χ0n) is 8.53. The SMILES string of the molecule is Cc1ccc(-c2c(N)cnn2C)c(Cl)n1. The van der Waals surface area contributed by atoms with Gasteiger partial charge in [0.25, 0.3) is 0 Å². The molecule has 2 rings (SSSR count). The molecule has 78 valence electrons. The average molecular weight is 223 g/mol. The maximum Gasteiger partial charge on any atom is 0.138 e. The van der Waals surface area contributed by atoms with E-state index in [4.69, 9.17) is 17.3 Å². The number of aryl methyl sites for hydroxylation is 2. The minimum absolute atomic E-state index is 0.449. The van der Waals surface area contributed by atoms with Gasteiger partial charge in [-0.15, -0.1) is 0 Å². The standard InChI is InChI=1S/C10H11ClN4/c1-6-3-4-7(10(11)14-6)9-8(12)5-13-15(9)2/h3-5H,12H2,1-2H3. The van der Waals surface area contributed by atoms with Gasteiger partial charge in [0, 0.05) is 18.3 Å².